The van der Waals surface area contributed by atoms with E-state index in [1.807, 2.05) is 0 Å². The molecule has 3 N–H and O–H groups in total. The van der Waals surface area contributed by atoms with Crippen molar-refractivity contribution in [1.82, 2.24) is 19.5 Å². The summed E-state index contributed by atoms with van der Waals surface area (Å²) in [6.45, 7) is 20.6. The van der Waals surface area contributed by atoms with Crippen molar-refractivity contribution in [2.24, 2.45) is 5.92 Å². The zero-order chi connectivity index (χ0) is 29.7. The minimum absolute atomic E-state index is 0.00210. The van der Waals surface area contributed by atoms with E-state index in [1.165, 1.54) is 10.9 Å². The van der Waals surface area contributed by atoms with Gasteiger partial charge in [-0.1, -0.05) is 41.5 Å². The standard InChI is InChI=1S/C26H45N5O7SSi/c1-13(2)23(33)29-26-28-22-19(24(34)30-26)27-12-31(22)25-20(32)21-18(36-25)11-35-39(14(3)4,15(5)6)38-40(37-21,16(7)8)17(9)10/h12-18,20-21,25,32H,11H2,1-10H3,(H2,28,29,30,33,34)/t18-,20?,21+,25-/m1/s1. The SMILES string of the molecule is CC(C)C(=O)Nc1nc2c(ncn2[C@@H]2O[C@@H]3COS(C(C)C)(C(C)C)O[Si](C(C)C)(C(C)C)O[C@@H]3C2O)c(=O)[nH]1. The lowest BCUT2D eigenvalue weighted by Gasteiger charge is -2.58. The maximum absolute atomic E-state index is 12.8. The van der Waals surface area contributed by atoms with Crippen molar-refractivity contribution in [3.8, 4) is 0 Å². The van der Waals surface area contributed by atoms with E-state index in [0.29, 0.717) is 0 Å². The third-order valence-electron chi connectivity index (χ3n) is 7.70. The lowest BCUT2D eigenvalue weighted by molar-refractivity contribution is -0.118. The van der Waals surface area contributed by atoms with Gasteiger partial charge < -0.3 is 14.3 Å². The normalized spacial score (nSPS) is 27.4. The second-order valence-electron chi connectivity index (χ2n) is 12.1. The molecule has 40 heavy (non-hydrogen) atoms. The Kier molecular flexibility index (Phi) is 8.92. The Labute approximate surface area is 238 Å². The van der Waals surface area contributed by atoms with Crippen LogP contribution in [0.4, 0.5) is 5.95 Å². The van der Waals surface area contributed by atoms with Gasteiger partial charge in [0.2, 0.25) is 11.9 Å². The molecule has 1 unspecified atom stereocenters. The van der Waals surface area contributed by atoms with Crippen molar-refractivity contribution in [1.29, 1.82) is 0 Å². The zero-order valence-corrected chi connectivity index (χ0v) is 26.9. The lowest BCUT2D eigenvalue weighted by atomic mass is 10.1. The summed E-state index contributed by atoms with van der Waals surface area (Å²) in [5, 5.41) is 14.5. The summed E-state index contributed by atoms with van der Waals surface area (Å²) in [6, 6.07) is 0. The van der Waals surface area contributed by atoms with E-state index < -0.39 is 49.2 Å². The Balaban J connectivity index is 1.76. The minimum Gasteiger partial charge on any atom is -0.386 e. The molecule has 0 saturated carbocycles. The summed E-state index contributed by atoms with van der Waals surface area (Å²) < 4.78 is 28.8. The molecule has 12 nitrogen and oxygen atoms in total. The number of aliphatic hydroxyl groups excluding tert-OH is 1. The molecule has 0 aromatic carbocycles. The number of aliphatic hydroxyl groups is 1. The van der Waals surface area contributed by atoms with E-state index in [0.717, 1.165) is 0 Å². The van der Waals surface area contributed by atoms with Crippen LogP contribution >= 0.6 is 10.6 Å². The molecule has 2 saturated heterocycles. The second-order valence-corrected chi connectivity index (χ2v) is 20.1. The Bertz CT molecular complexity index is 1260. The Morgan fingerprint density at radius 1 is 1.12 bits per heavy atom. The number of anilines is 1. The first-order valence-corrected chi connectivity index (χ1v) is 17.7. The number of aromatic nitrogens is 4. The van der Waals surface area contributed by atoms with E-state index in [-0.39, 0.29) is 57.1 Å². The van der Waals surface area contributed by atoms with E-state index in [2.05, 4.69) is 75.7 Å². The number of aromatic amines is 1. The van der Waals surface area contributed by atoms with Gasteiger partial charge in [0.25, 0.3) is 5.56 Å². The van der Waals surface area contributed by atoms with Gasteiger partial charge >= 0.3 is 8.56 Å². The summed E-state index contributed by atoms with van der Waals surface area (Å²) in [4.78, 5) is 36.2. The fourth-order valence-electron chi connectivity index (χ4n) is 5.44. The van der Waals surface area contributed by atoms with Crippen LogP contribution < -0.4 is 10.9 Å². The molecule has 226 valence electrons. The molecule has 2 fully saturated rings. The van der Waals surface area contributed by atoms with Gasteiger partial charge in [-0.25, -0.2) is 4.98 Å². The predicted molar refractivity (Wildman–Crippen MR) is 157 cm³/mol. The van der Waals surface area contributed by atoms with Crippen molar-refractivity contribution in [3.63, 3.8) is 0 Å². The van der Waals surface area contributed by atoms with Gasteiger partial charge in [0, 0.05) is 16.4 Å². The average molecular weight is 600 g/mol. The van der Waals surface area contributed by atoms with Crippen LogP contribution in [-0.2, 0) is 22.0 Å². The summed E-state index contributed by atoms with van der Waals surface area (Å²) in [6.07, 6.45) is -1.96. The molecule has 2 aromatic heterocycles. The number of hydrogen-bond acceptors (Lipinski definition) is 9. The topological polar surface area (TPSA) is 150 Å². The molecular weight excluding hydrogens is 554 g/mol. The maximum Gasteiger partial charge on any atom is 0.367 e. The molecule has 2 aliphatic heterocycles. The van der Waals surface area contributed by atoms with Crippen LogP contribution in [0.2, 0.25) is 11.1 Å². The lowest BCUT2D eigenvalue weighted by Crippen LogP contribution is -2.58. The average Bonchev–Trinajstić information content (AvgIpc) is 3.39. The van der Waals surface area contributed by atoms with Crippen LogP contribution in [-0.4, -0.2) is 74.5 Å². The van der Waals surface area contributed by atoms with Crippen LogP contribution in [0.15, 0.2) is 11.1 Å². The molecule has 4 heterocycles. The number of nitrogens with one attached hydrogen (secondary N) is 2. The van der Waals surface area contributed by atoms with Gasteiger partial charge in [-0.2, -0.15) is 15.6 Å². The van der Waals surface area contributed by atoms with Crippen molar-refractivity contribution in [2.45, 2.75) is 115 Å². The summed E-state index contributed by atoms with van der Waals surface area (Å²) in [5.41, 5.74) is -0.112. The van der Waals surface area contributed by atoms with Crippen LogP contribution in [0.1, 0.15) is 75.5 Å². The molecule has 4 atom stereocenters. The van der Waals surface area contributed by atoms with Gasteiger partial charge in [-0.3, -0.25) is 32.5 Å². The van der Waals surface area contributed by atoms with Gasteiger partial charge in [-0.15, -0.1) is 0 Å². The molecule has 0 spiro atoms. The monoisotopic (exact) mass is 599 g/mol. The number of carbonyl (C=O) groups is 1. The third kappa shape index (κ3) is 5.27. The maximum atomic E-state index is 12.8. The second kappa shape index (κ2) is 11.5. The number of rotatable bonds is 7. The van der Waals surface area contributed by atoms with Gasteiger partial charge in [0.15, 0.2) is 17.4 Å². The number of carbonyl (C=O) groups excluding carboxylic acids is 1. The molecule has 0 aliphatic carbocycles. The number of ether oxygens (including phenoxy) is 1. The first-order valence-electron chi connectivity index (χ1n) is 14.1. The highest BCUT2D eigenvalue weighted by molar-refractivity contribution is 8.27. The highest BCUT2D eigenvalue weighted by atomic mass is 32.3. The number of amides is 1. The quantitative estimate of drug-likeness (QED) is 0.400. The van der Waals surface area contributed by atoms with E-state index in [1.54, 1.807) is 13.8 Å². The first-order chi connectivity index (χ1) is 18.6. The van der Waals surface area contributed by atoms with Gasteiger partial charge in [0.05, 0.1) is 6.33 Å². The molecule has 14 heteroatoms. The fraction of sp³-hybridized carbons (Fsp3) is 0.769. The van der Waals surface area contributed by atoms with E-state index in [9.17, 15) is 14.7 Å². The third-order valence-corrected chi connectivity index (χ3v) is 16.8. The van der Waals surface area contributed by atoms with Crippen LogP contribution in [0.3, 0.4) is 0 Å². The molecule has 2 aliphatic rings. The van der Waals surface area contributed by atoms with Crippen molar-refractivity contribution < 1.29 is 27.1 Å². The molecule has 2 aromatic rings. The van der Waals surface area contributed by atoms with Gasteiger partial charge in [-0.05, 0) is 38.8 Å². The van der Waals surface area contributed by atoms with Crippen molar-refractivity contribution in [3.05, 3.63) is 16.7 Å². The molecule has 0 bridgehead atoms. The highest BCUT2D eigenvalue weighted by Gasteiger charge is 2.59. The van der Waals surface area contributed by atoms with Crippen LogP contribution in [0.5, 0.6) is 0 Å². The number of fused-ring (bicyclic) bond motifs is 2. The largest absolute Gasteiger partial charge is 0.386 e. The van der Waals surface area contributed by atoms with Crippen LogP contribution in [0, 0.1) is 5.92 Å². The van der Waals surface area contributed by atoms with Gasteiger partial charge in [0.1, 0.15) is 24.9 Å². The Morgan fingerprint density at radius 2 is 1.75 bits per heavy atom. The predicted octanol–water partition coefficient (Wildman–Crippen LogP) is 4.12. The number of H-pyrrole nitrogens is 1. The Morgan fingerprint density at radius 3 is 2.30 bits per heavy atom. The summed E-state index contributed by atoms with van der Waals surface area (Å²) >= 11 is 0. The molecule has 0 radical (unpaired) electrons. The zero-order valence-electron chi connectivity index (χ0n) is 25.1. The number of imidazole rings is 1. The molecule has 4 rings (SSSR count). The fourth-order valence-corrected chi connectivity index (χ4v) is 15.1. The van der Waals surface area contributed by atoms with Crippen LogP contribution in [0.25, 0.3) is 11.2 Å². The summed E-state index contributed by atoms with van der Waals surface area (Å²) in [7, 11) is -5.02. The van der Waals surface area contributed by atoms with E-state index >= 15 is 0 Å². The minimum atomic E-state index is -2.99. The Hall–Kier alpha value is -1.81. The molecule has 1 amide bonds. The van der Waals surface area contributed by atoms with Crippen molar-refractivity contribution >= 4 is 42.2 Å². The molecular formula is C26H45N5O7SSi. The number of hydrogen-bond donors (Lipinski definition) is 3. The number of nitrogens with zero attached hydrogens (tertiary/aromatic N) is 3. The smallest absolute Gasteiger partial charge is 0.367 e. The first kappa shape index (κ1) is 31.1. The summed E-state index contributed by atoms with van der Waals surface area (Å²) in [5.74, 6) is -0.601. The highest BCUT2D eigenvalue weighted by Crippen LogP contribution is 2.64. The van der Waals surface area contributed by atoms with Crippen molar-refractivity contribution in [2.75, 3.05) is 11.9 Å². The van der Waals surface area contributed by atoms with E-state index in [4.69, 9.17) is 17.2 Å².